The third kappa shape index (κ3) is 3.79. The summed E-state index contributed by atoms with van der Waals surface area (Å²) in [4.78, 5) is 30.5. The fourth-order valence-electron chi connectivity index (χ4n) is 7.35. The van der Waals surface area contributed by atoms with Crippen molar-refractivity contribution in [1.29, 1.82) is 0 Å². The van der Waals surface area contributed by atoms with Crippen molar-refractivity contribution in [2.75, 3.05) is 11.5 Å². The van der Waals surface area contributed by atoms with Crippen molar-refractivity contribution >= 4 is 29.5 Å². The summed E-state index contributed by atoms with van der Waals surface area (Å²) < 4.78 is 6.23. The van der Waals surface area contributed by atoms with Crippen LogP contribution in [0.5, 0.6) is 0 Å². The lowest BCUT2D eigenvalue weighted by Crippen LogP contribution is -2.63. The lowest BCUT2D eigenvalue weighted by atomic mass is 9.43. The molecule has 1 aromatic rings. The van der Waals surface area contributed by atoms with Crippen LogP contribution in [0.25, 0.3) is 0 Å². The van der Waals surface area contributed by atoms with Crippen LogP contribution < -0.4 is 5.73 Å². The van der Waals surface area contributed by atoms with Gasteiger partial charge in [0.05, 0.1) is 11.9 Å². The van der Waals surface area contributed by atoms with Crippen LogP contribution in [0.2, 0.25) is 0 Å². The number of aromatic nitrogens is 3. The summed E-state index contributed by atoms with van der Waals surface area (Å²) >= 11 is 1.17. The normalized spacial score (nSPS) is 43.0. The molecular formula is C24H38N4O4S. The summed E-state index contributed by atoms with van der Waals surface area (Å²) in [7, 11) is 0. The predicted octanol–water partition coefficient (Wildman–Crippen LogP) is 3.61. The first-order chi connectivity index (χ1) is 15.5. The number of anilines is 1. The molecule has 0 unspecified atom stereocenters. The molecule has 4 N–H and O–H groups in total. The molecule has 3 fully saturated rings. The summed E-state index contributed by atoms with van der Waals surface area (Å²) in [5, 5.41) is 18.5. The minimum absolute atomic E-state index is 0.0223. The van der Waals surface area contributed by atoms with Gasteiger partial charge in [-0.05, 0) is 54.8 Å². The van der Waals surface area contributed by atoms with Gasteiger partial charge in [0.25, 0.3) is 0 Å². The Hall–Kier alpha value is -1.61. The topological polar surface area (TPSA) is 131 Å². The van der Waals surface area contributed by atoms with Gasteiger partial charge in [-0.15, -0.1) is 5.10 Å². The number of hydrogen-bond acceptors (Lipinski definition) is 8. The molecule has 2 bridgehead atoms. The number of aromatic amines is 1. The Morgan fingerprint density at radius 1 is 1.33 bits per heavy atom. The van der Waals surface area contributed by atoms with E-state index < -0.39 is 23.0 Å². The van der Waals surface area contributed by atoms with Crippen LogP contribution >= 0.6 is 11.8 Å². The zero-order chi connectivity index (χ0) is 24.2. The number of aliphatic hydroxyl groups is 1. The largest absolute Gasteiger partial charge is 0.461 e. The molecule has 0 saturated heterocycles. The maximum atomic E-state index is 13.4. The van der Waals surface area contributed by atoms with Crippen LogP contribution in [0.3, 0.4) is 0 Å². The smallest absolute Gasteiger partial charge is 0.316 e. The van der Waals surface area contributed by atoms with Gasteiger partial charge in [0.15, 0.2) is 0 Å². The van der Waals surface area contributed by atoms with Gasteiger partial charge in [-0.1, -0.05) is 46.4 Å². The average molecular weight is 479 g/mol. The molecule has 0 aromatic carbocycles. The molecule has 8 nitrogen and oxygen atoms in total. The third-order valence-corrected chi connectivity index (χ3v) is 10.6. The van der Waals surface area contributed by atoms with Crippen molar-refractivity contribution in [2.24, 2.45) is 34.0 Å². The van der Waals surface area contributed by atoms with Crippen molar-refractivity contribution < 1.29 is 19.4 Å². The number of nitrogen functional groups attached to an aromatic ring is 1. The number of ether oxygens (including phenoxy) is 1. The molecule has 4 rings (SSSR count). The van der Waals surface area contributed by atoms with E-state index in [4.69, 9.17) is 10.5 Å². The Labute approximate surface area is 200 Å². The Morgan fingerprint density at radius 2 is 2.06 bits per heavy atom. The van der Waals surface area contributed by atoms with E-state index in [9.17, 15) is 14.7 Å². The summed E-state index contributed by atoms with van der Waals surface area (Å²) in [6.07, 6.45) is 3.60. The number of H-pyrrole nitrogens is 1. The van der Waals surface area contributed by atoms with E-state index in [-0.39, 0.29) is 46.6 Å². The highest BCUT2D eigenvalue weighted by Gasteiger charge is 2.68. The van der Waals surface area contributed by atoms with E-state index in [2.05, 4.69) is 49.8 Å². The van der Waals surface area contributed by atoms with E-state index in [0.29, 0.717) is 18.0 Å². The maximum Gasteiger partial charge on any atom is 0.316 e. The predicted molar refractivity (Wildman–Crippen MR) is 126 cm³/mol. The number of rotatable bonds is 5. The van der Waals surface area contributed by atoms with Gasteiger partial charge in [0.1, 0.15) is 11.9 Å². The molecule has 1 aromatic heterocycles. The van der Waals surface area contributed by atoms with Crippen molar-refractivity contribution in [3.8, 4) is 0 Å². The second-order valence-electron chi connectivity index (χ2n) is 11.2. The van der Waals surface area contributed by atoms with E-state index >= 15 is 0 Å². The second kappa shape index (κ2) is 8.56. The van der Waals surface area contributed by atoms with E-state index in [0.717, 1.165) is 25.7 Å². The van der Waals surface area contributed by atoms with Crippen molar-refractivity contribution in [1.82, 2.24) is 15.2 Å². The highest BCUT2D eigenvalue weighted by atomic mass is 32.2. The molecule has 184 valence electrons. The number of Topliss-reactive ketones (excluding diaryl/α,β-unsaturated/α-hetero) is 1. The summed E-state index contributed by atoms with van der Waals surface area (Å²) in [6.45, 7) is 10.7. The molecule has 9 heteroatoms. The van der Waals surface area contributed by atoms with E-state index in [1.165, 1.54) is 11.8 Å². The van der Waals surface area contributed by atoms with Crippen molar-refractivity contribution in [2.45, 2.75) is 90.5 Å². The maximum absolute atomic E-state index is 13.4. The SMILES string of the molecule is CC[C@]1(C)C[C@@H](OC(=O)CSc2n[nH]c(N)n2)[C@]2(C)[C@H](C)CC[C@]3(CCC(=O)[C@@H]32)[C@@H](C)[C@@H]1O. The first-order valence-electron chi connectivity index (χ1n) is 12.2. The molecule has 0 aliphatic heterocycles. The van der Waals surface area contributed by atoms with Crippen LogP contribution in [-0.4, -0.2) is 50.0 Å². The molecule has 0 amide bonds. The zero-order valence-corrected chi connectivity index (χ0v) is 21.2. The lowest BCUT2D eigenvalue weighted by molar-refractivity contribution is -0.211. The number of esters is 1. The van der Waals surface area contributed by atoms with Crippen LogP contribution in [0, 0.1) is 34.0 Å². The molecule has 0 spiro atoms. The fraction of sp³-hybridized carbons (Fsp3) is 0.833. The van der Waals surface area contributed by atoms with Crippen LogP contribution in [-0.2, 0) is 14.3 Å². The van der Waals surface area contributed by atoms with Crippen molar-refractivity contribution in [3.63, 3.8) is 0 Å². The molecule has 0 radical (unpaired) electrons. The van der Waals surface area contributed by atoms with Crippen LogP contribution in [0.15, 0.2) is 5.16 Å². The van der Waals surface area contributed by atoms with Gasteiger partial charge in [-0.2, -0.15) is 4.98 Å². The molecular weight excluding hydrogens is 440 g/mol. The minimum Gasteiger partial charge on any atom is -0.461 e. The van der Waals surface area contributed by atoms with Crippen molar-refractivity contribution in [3.05, 3.63) is 0 Å². The molecule has 3 aliphatic rings. The first kappa shape index (κ1) is 24.5. The Balaban J connectivity index is 1.69. The van der Waals surface area contributed by atoms with Gasteiger partial charge in [-0.3, -0.25) is 9.59 Å². The van der Waals surface area contributed by atoms with Crippen LogP contribution in [0.1, 0.15) is 73.1 Å². The Kier molecular flexibility index (Phi) is 6.36. The molecule has 3 saturated carbocycles. The Morgan fingerprint density at radius 3 is 2.70 bits per heavy atom. The van der Waals surface area contributed by atoms with Gasteiger partial charge in [0.2, 0.25) is 11.1 Å². The number of thioether (sulfide) groups is 1. The number of carbonyl (C=O) groups excluding carboxylic acids is 2. The zero-order valence-electron chi connectivity index (χ0n) is 20.4. The van der Waals surface area contributed by atoms with Gasteiger partial charge >= 0.3 is 5.97 Å². The molecule has 3 aliphatic carbocycles. The quantitative estimate of drug-likeness (QED) is 0.432. The van der Waals surface area contributed by atoms with Gasteiger partial charge in [0, 0.05) is 17.8 Å². The van der Waals surface area contributed by atoms with E-state index in [1.807, 2.05) is 0 Å². The van der Waals surface area contributed by atoms with Gasteiger partial charge in [-0.25, -0.2) is 5.10 Å². The summed E-state index contributed by atoms with van der Waals surface area (Å²) in [5.74, 6) is 0.239. The number of nitrogens with zero attached hydrogens (tertiary/aromatic N) is 2. The number of hydrogen-bond donors (Lipinski definition) is 3. The number of nitrogens with one attached hydrogen (secondary N) is 1. The summed E-state index contributed by atoms with van der Waals surface area (Å²) in [5.41, 5.74) is 4.47. The lowest BCUT2D eigenvalue weighted by Gasteiger charge is -2.62. The fourth-order valence-corrected chi connectivity index (χ4v) is 7.93. The highest BCUT2D eigenvalue weighted by Crippen LogP contribution is 2.68. The van der Waals surface area contributed by atoms with Crippen LogP contribution in [0.4, 0.5) is 5.95 Å². The average Bonchev–Trinajstić information content (AvgIpc) is 3.36. The van der Waals surface area contributed by atoms with Gasteiger partial charge < -0.3 is 15.6 Å². The molecule has 8 atom stereocenters. The first-order valence-corrected chi connectivity index (χ1v) is 13.2. The number of carbonyl (C=O) groups is 2. The monoisotopic (exact) mass is 478 g/mol. The number of ketones is 1. The standard InChI is InChI=1S/C24H38N4O4S/c1-6-22(4)11-16(32-17(30)12-33-21-26-20(25)27-28-21)23(5)13(2)7-9-24(14(3)19(22)31)10-8-15(29)18(23)24/h13-14,16,18-19,31H,6-12H2,1-5H3,(H3,25,26,27,28)/t13-,14+,16-,18-,19+,22-,23+,24+/m1/s1. The third-order valence-electron chi connectivity index (χ3n) is 9.78. The summed E-state index contributed by atoms with van der Waals surface area (Å²) in [6, 6.07) is 0. The Bertz CT molecular complexity index is 924. The number of nitrogens with two attached hydrogens (primary N) is 1. The van der Waals surface area contributed by atoms with E-state index in [1.54, 1.807) is 0 Å². The second-order valence-corrected chi connectivity index (χ2v) is 12.1. The molecule has 1 heterocycles. The minimum atomic E-state index is -0.555. The highest BCUT2D eigenvalue weighted by molar-refractivity contribution is 7.99. The number of aliphatic hydroxyl groups excluding tert-OH is 1. The molecule has 33 heavy (non-hydrogen) atoms.